The van der Waals surface area contributed by atoms with E-state index in [4.69, 9.17) is 0 Å². The van der Waals surface area contributed by atoms with Crippen LogP contribution in [0.2, 0.25) is 0 Å². The number of benzene rings is 1. The van der Waals surface area contributed by atoms with Gasteiger partial charge in [0, 0.05) is 5.92 Å². The number of rotatable bonds is 5. The van der Waals surface area contributed by atoms with Crippen LogP contribution in [0.3, 0.4) is 0 Å². The average Bonchev–Trinajstić information content (AvgIpc) is 3.28. The number of carbonyl (C=O) groups excluding carboxylic acids is 2. The van der Waals surface area contributed by atoms with Crippen LogP contribution in [0, 0.1) is 11.7 Å². The highest BCUT2D eigenvalue weighted by molar-refractivity contribution is 7.18. The molecule has 23 heavy (non-hydrogen) atoms. The number of thiophene rings is 1. The SMILES string of the molecule is CC(NC(=O)c1ccc(NC(=O)C2CC2)s1)c1ccc(F)cc1. The molecule has 1 aromatic heterocycles. The molecule has 4 nitrogen and oxygen atoms in total. The maximum atomic E-state index is 12.9. The summed E-state index contributed by atoms with van der Waals surface area (Å²) >= 11 is 1.25. The van der Waals surface area contributed by atoms with E-state index in [0.717, 1.165) is 18.4 Å². The molecule has 2 N–H and O–H groups in total. The van der Waals surface area contributed by atoms with E-state index in [9.17, 15) is 14.0 Å². The predicted molar refractivity (Wildman–Crippen MR) is 88.0 cm³/mol. The second-order valence-electron chi connectivity index (χ2n) is 5.67. The first-order chi connectivity index (χ1) is 11.0. The van der Waals surface area contributed by atoms with Gasteiger partial charge < -0.3 is 10.6 Å². The van der Waals surface area contributed by atoms with Crippen LogP contribution < -0.4 is 10.6 Å². The van der Waals surface area contributed by atoms with Crippen molar-refractivity contribution < 1.29 is 14.0 Å². The summed E-state index contributed by atoms with van der Waals surface area (Å²) in [6.45, 7) is 1.84. The Morgan fingerprint density at radius 1 is 1.17 bits per heavy atom. The van der Waals surface area contributed by atoms with Gasteiger partial charge in [0.1, 0.15) is 5.82 Å². The topological polar surface area (TPSA) is 58.2 Å². The zero-order chi connectivity index (χ0) is 16.4. The fraction of sp³-hybridized carbons (Fsp3) is 0.294. The van der Waals surface area contributed by atoms with Crippen molar-refractivity contribution in [3.05, 3.63) is 52.7 Å². The molecule has 6 heteroatoms. The van der Waals surface area contributed by atoms with Gasteiger partial charge in [-0.2, -0.15) is 0 Å². The molecule has 1 heterocycles. The van der Waals surface area contributed by atoms with E-state index < -0.39 is 0 Å². The molecule has 0 saturated heterocycles. The van der Waals surface area contributed by atoms with Crippen molar-refractivity contribution in [3.63, 3.8) is 0 Å². The molecule has 1 fully saturated rings. The average molecular weight is 332 g/mol. The largest absolute Gasteiger partial charge is 0.345 e. The van der Waals surface area contributed by atoms with Gasteiger partial charge in [0.25, 0.3) is 5.91 Å². The van der Waals surface area contributed by atoms with Crippen molar-refractivity contribution in [3.8, 4) is 0 Å². The molecule has 2 aromatic rings. The van der Waals surface area contributed by atoms with Gasteiger partial charge in [0.15, 0.2) is 0 Å². The summed E-state index contributed by atoms with van der Waals surface area (Å²) in [5, 5.41) is 6.38. The van der Waals surface area contributed by atoms with Crippen molar-refractivity contribution in [1.29, 1.82) is 0 Å². The van der Waals surface area contributed by atoms with Gasteiger partial charge in [0.2, 0.25) is 5.91 Å². The Hall–Kier alpha value is -2.21. The molecule has 0 radical (unpaired) electrons. The Labute approximate surface area is 137 Å². The lowest BCUT2D eigenvalue weighted by Crippen LogP contribution is -2.25. The van der Waals surface area contributed by atoms with Crippen LogP contribution in [0.5, 0.6) is 0 Å². The van der Waals surface area contributed by atoms with E-state index >= 15 is 0 Å². The molecule has 0 aliphatic heterocycles. The minimum absolute atomic E-state index is 0.0264. The Kier molecular flexibility index (Phi) is 4.43. The molecule has 1 aliphatic rings. The lowest BCUT2D eigenvalue weighted by Gasteiger charge is -2.13. The third-order valence-electron chi connectivity index (χ3n) is 3.74. The zero-order valence-corrected chi connectivity index (χ0v) is 13.5. The molecule has 3 rings (SSSR count). The summed E-state index contributed by atoms with van der Waals surface area (Å²) in [7, 11) is 0. The molecule has 1 aromatic carbocycles. The van der Waals surface area contributed by atoms with Crippen molar-refractivity contribution in [2.75, 3.05) is 5.32 Å². The van der Waals surface area contributed by atoms with Crippen LogP contribution in [0.25, 0.3) is 0 Å². The van der Waals surface area contributed by atoms with Crippen LogP contribution >= 0.6 is 11.3 Å². The third kappa shape index (κ3) is 3.96. The molecule has 1 atom stereocenters. The fourth-order valence-corrected chi connectivity index (χ4v) is 3.01. The van der Waals surface area contributed by atoms with Crippen LogP contribution in [0.1, 0.15) is 41.0 Å². The zero-order valence-electron chi connectivity index (χ0n) is 12.6. The van der Waals surface area contributed by atoms with E-state index in [2.05, 4.69) is 10.6 Å². The van der Waals surface area contributed by atoms with E-state index in [-0.39, 0.29) is 29.6 Å². The molecule has 2 amide bonds. The molecule has 0 bridgehead atoms. The monoisotopic (exact) mass is 332 g/mol. The Balaban J connectivity index is 1.60. The molecule has 1 saturated carbocycles. The smallest absolute Gasteiger partial charge is 0.261 e. The Morgan fingerprint density at radius 2 is 1.87 bits per heavy atom. The molecular weight excluding hydrogens is 315 g/mol. The van der Waals surface area contributed by atoms with Gasteiger partial charge in [-0.05, 0) is 49.6 Å². The lowest BCUT2D eigenvalue weighted by atomic mass is 10.1. The normalized spacial score (nSPS) is 15.0. The number of hydrogen-bond donors (Lipinski definition) is 2. The first-order valence-electron chi connectivity index (χ1n) is 7.50. The molecular formula is C17H17FN2O2S. The van der Waals surface area contributed by atoms with Crippen LogP contribution in [0.15, 0.2) is 36.4 Å². The van der Waals surface area contributed by atoms with Gasteiger partial charge in [-0.3, -0.25) is 9.59 Å². The van der Waals surface area contributed by atoms with Crippen LogP contribution in [0.4, 0.5) is 9.39 Å². The molecule has 1 unspecified atom stereocenters. The summed E-state index contributed by atoms with van der Waals surface area (Å²) in [6.07, 6.45) is 1.89. The number of anilines is 1. The van der Waals surface area contributed by atoms with Gasteiger partial charge in [-0.25, -0.2) is 4.39 Å². The highest BCUT2D eigenvalue weighted by atomic mass is 32.1. The summed E-state index contributed by atoms with van der Waals surface area (Å²) < 4.78 is 12.9. The summed E-state index contributed by atoms with van der Waals surface area (Å²) in [6, 6.07) is 9.24. The van der Waals surface area contributed by atoms with E-state index in [1.807, 2.05) is 6.92 Å². The van der Waals surface area contributed by atoms with Crippen LogP contribution in [-0.2, 0) is 4.79 Å². The molecule has 1 aliphatic carbocycles. The second-order valence-corrected chi connectivity index (χ2v) is 6.76. The van der Waals surface area contributed by atoms with Gasteiger partial charge in [0.05, 0.1) is 15.9 Å². The van der Waals surface area contributed by atoms with Crippen molar-refractivity contribution >= 4 is 28.2 Å². The first-order valence-corrected chi connectivity index (χ1v) is 8.31. The number of hydrogen-bond acceptors (Lipinski definition) is 3. The lowest BCUT2D eigenvalue weighted by molar-refractivity contribution is -0.117. The molecule has 120 valence electrons. The minimum Gasteiger partial charge on any atom is -0.345 e. The minimum atomic E-state index is -0.304. The van der Waals surface area contributed by atoms with Crippen LogP contribution in [-0.4, -0.2) is 11.8 Å². The summed E-state index contributed by atoms with van der Waals surface area (Å²) in [5.74, 6) is -0.355. The maximum Gasteiger partial charge on any atom is 0.261 e. The fourth-order valence-electron chi connectivity index (χ4n) is 2.20. The standard InChI is InChI=1S/C17H17FN2O2S/c1-10(11-4-6-13(18)7-5-11)19-17(22)14-8-9-15(23-14)20-16(21)12-2-3-12/h4-10,12H,2-3H2,1H3,(H,19,22)(H,20,21). The second kappa shape index (κ2) is 6.50. The number of halogens is 1. The van der Waals surface area contributed by atoms with Crippen molar-refractivity contribution in [2.24, 2.45) is 5.92 Å². The molecule has 0 spiro atoms. The highest BCUT2D eigenvalue weighted by Gasteiger charge is 2.29. The van der Waals surface area contributed by atoms with E-state index in [0.29, 0.717) is 9.88 Å². The number of carbonyl (C=O) groups is 2. The Bertz CT molecular complexity index is 722. The van der Waals surface area contributed by atoms with Gasteiger partial charge in [-0.1, -0.05) is 12.1 Å². The van der Waals surface area contributed by atoms with E-state index in [1.165, 1.54) is 23.5 Å². The van der Waals surface area contributed by atoms with Crippen molar-refractivity contribution in [1.82, 2.24) is 5.32 Å². The Morgan fingerprint density at radius 3 is 2.52 bits per heavy atom. The maximum absolute atomic E-state index is 12.9. The number of nitrogens with one attached hydrogen (secondary N) is 2. The summed E-state index contributed by atoms with van der Waals surface area (Å²) in [4.78, 5) is 24.5. The first kappa shape index (κ1) is 15.7. The predicted octanol–water partition coefficient (Wildman–Crippen LogP) is 3.73. The summed E-state index contributed by atoms with van der Waals surface area (Å²) in [5.41, 5.74) is 0.832. The highest BCUT2D eigenvalue weighted by Crippen LogP contribution is 2.31. The van der Waals surface area contributed by atoms with Gasteiger partial charge in [-0.15, -0.1) is 11.3 Å². The van der Waals surface area contributed by atoms with Gasteiger partial charge >= 0.3 is 0 Å². The quantitative estimate of drug-likeness (QED) is 0.876. The van der Waals surface area contributed by atoms with E-state index in [1.54, 1.807) is 24.3 Å². The number of amides is 2. The van der Waals surface area contributed by atoms with Crippen molar-refractivity contribution in [2.45, 2.75) is 25.8 Å². The third-order valence-corrected chi connectivity index (χ3v) is 4.74.